The van der Waals surface area contributed by atoms with Crippen molar-refractivity contribution >= 4 is 61.9 Å². The van der Waals surface area contributed by atoms with E-state index in [0.29, 0.717) is 16.6 Å². The molecule has 4 aromatic rings. The highest BCUT2D eigenvalue weighted by molar-refractivity contribution is 7.90. The number of alkyl carbamates (subject to hydrolysis) is 1. The molecule has 176 valence electrons. The number of halogens is 3. The number of ether oxygens (including phenoxy) is 1. The molecule has 0 saturated carbocycles. The van der Waals surface area contributed by atoms with Crippen LogP contribution in [0.25, 0.3) is 11.0 Å². The van der Waals surface area contributed by atoms with Gasteiger partial charge in [0.25, 0.3) is 10.0 Å². The van der Waals surface area contributed by atoms with Crippen molar-refractivity contribution in [2.24, 2.45) is 0 Å². The Bertz CT molecular complexity index is 1510. The third-order valence-corrected chi connectivity index (χ3v) is 6.84. The van der Waals surface area contributed by atoms with Crippen LogP contribution in [-0.2, 0) is 21.4 Å². The average Bonchev–Trinajstić information content (AvgIpc) is 3.18. The Labute approximate surface area is 203 Å². The van der Waals surface area contributed by atoms with E-state index in [1.165, 1.54) is 31.4 Å². The molecule has 0 unspecified atom stereocenters. The van der Waals surface area contributed by atoms with Crippen LogP contribution in [0.2, 0.25) is 10.3 Å². The summed E-state index contributed by atoms with van der Waals surface area (Å²) in [6, 6.07) is 10.9. The highest BCUT2D eigenvalue weighted by atomic mass is 35.5. The Kier molecular flexibility index (Phi) is 6.60. The van der Waals surface area contributed by atoms with Crippen LogP contribution >= 0.6 is 23.2 Å². The Morgan fingerprint density at radius 1 is 1.15 bits per heavy atom. The number of carbonyl (C=O) groups is 1. The monoisotopic (exact) mass is 523 g/mol. The molecule has 0 fully saturated rings. The maximum absolute atomic E-state index is 13.8. The first-order valence-corrected chi connectivity index (χ1v) is 11.8. The van der Waals surface area contributed by atoms with Gasteiger partial charge in [-0.1, -0.05) is 29.3 Å². The van der Waals surface area contributed by atoms with Crippen LogP contribution in [0.15, 0.2) is 59.6 Å². The third-order valence-electron chi connectivity index (χ3n) is 4.70. The summed E-state index contributed by atoms with van der Waals surface area (Å²) in [7, 11) is -2.84. The normalized spacial score (nSPS) is 11.4. The number of aromatic nitrogens is 3. The largest absolute Gasteiger partial charge is 0.445 e. The summed E-state index contributed by atoms with van der Waals surface area (Å²) in [4.78, 5) is 19.6. The molecule has 0 spiro atoms. The van der Waals surface area contributed by atoms with E-state index in [2.05, 4.69) is 20.6 Å². The van der Waals surface area contributed by atoms with Crippen LogP contribution in [-0.4, -0.2) is 35.5 Å². The lowest BCUT2D eigenvalue weighted by molar-refractivity contribution is 0.142. The molecule has 3 heterocycles. The van der Waals surface area contributed by atoms with Crippen molar-refractivity contribution < 1.29 is 22.3 Å². The lowest BCUT2D eigenvalue weighted by atomic mass is 10.2. The second-order valence-electron chi connectivity index (χ2n) is 6.90. The van der Waals surface area contributed by atoms with Crippen molar-refractivity contribution in [3.8, 4) is 0 Å². The first-order valence-electron chi connectivity index (χ1n) is 9.65. The molecule has 1 aromatic carbocycles. The van der Waals surface area contributed by atoms with E-state index in [1.54, 1.807) is 18.2 Å². The fourth-order valence-electron chi connectivity index (χ4n) is 3.11. The summed E-state index contributed by atoms with van der Waals surface area (Å²) in [6.07, 6.45) is 0.589. The topological polar surface area (TPSA) is 115 Å². The molecular weight excluding hydrogens is 508 g/mol. The first-order chi connectivity index (χ1) is 16.2. The zero-order chi connectivity index (χ0) is 24.5. The predicted octanol–water partition coefficient (Wildman–Crippen LogP) is 4.71. The van der Waals surface area contributed by atoms with Gasteiger partial charge in [0.05, 0.1) is 10.6 Å². The van der Waals surface area contributed by atoms with Crippen LogP contribution < -0.4 is 10.6 Å². The van der Waals surface area contributed by atoms with Crippen LogP contribution in [0.5, 0.6) is 0 Å². The second-order valence-corrected chi connectivity index (χ2v) is 9.46. The van der Waals surface area contributed by atoms with Gasteiger partial charge in [-0.3, -0.25) is 0 Å². The van der Waals surface area contributed by atoms with Gasteiger partial charge in [-0.05, 0) is 42.5 Å². The number of hydrogen-bond acceptors (Lipinski definition) is 7. The molecular formula is C21H16Cl2FN5O4S. The Hall–Kier alpha value is -3.41. The molecule has 13 heteroatoms. The van der Waals surface area contributed by atoms with Crippen LogP contribution in [0.3, 0.4) is 0 Å². The molecule has 0 aliphatic rings. The molecule has 0 radical (unpaired) electrons. The number of benzene rings is 1. The van der Waals surface area contributed by atoms with Crippen molar-refractivity contribution in [2.45, 2.75) is 11.5 Å². The number of hydrogen-bond donors (Lipinski definition) is 2. The number of nitrogens with zero attached hydrogens (tertiary/aromatic N) is 3. The number of rotatable bonds is 6. The van der Waals surface area contributed by atoms with Gasteiger partial charge in [-0.25, -0.2) is 31.5 Å². The minimum absolute atomic E-state index is 0.0304. The van der Waals surface area contributed by atoms with E-state index in [-0.39, 0.29) is 33.3 Å². The maximum atomic E-state index is 13.8. The van der Waals surface area contributed by atoms with Gasteiger partial charge >= 0.3 is 6.09 Å². The number of amides is 1. The summed E-state index contributed by atoms with van der Waals surface area (Å²) in [6.45, 7) is -0.219. The molecule has 0 atom stereocenters. The summed E-state index contributed by atoms with van der Waals surface area (Å²) in [5, 5.41) is 5.99. The fourth-order valence-corrected chi connectivity index (χ4v) is 4.87. The van der Waals surface area contributed by atoms with Crippen molar-refractivity contribution in [3.05, 3.63) is 76.4 Å². The maximum Gasteiger partial charge on any atom is 0.407 e. The van der Waals surface area contributed by atoms with Crippen molar-refractivity contribution in [3.63, 3.8) is 0 Å². The van der Waals surface area contributed by atoms with Gasteiger partial charge in [0.15, 0.2) is 10.8 Å². The summed E-state index contributed by atoms with van der Waals surface area (Å²) < 4.78 is 46.4. The van der Waals surface area contributed by atoms with E-state index in [1.807, 2.05) is 0 Å². The lowest BCUT2D eigenvalue weighted by Crippen LogP contribution is -2.18. The predicted molar refractivity (Wildman–Crippen MR) is 126 cm³/mol. The van der Waals surface area contributed by atoms with Gasteiger partial charge in [0.1, 0.15) is 23.4 Å². The number of carbonyl (C=O) groups excluding carboxylic acids is 1. The minimum atomic E-state index is -4.24. The first kappa shape index (κ1) is 23.7. The summed E-state index contributed by atoms with van der Waals surface area (Å²) >= 11 is 11.9. The van der Waals surface area contributed by atoms with E-state index in [4.69, 9.17) is 27.9 Å². The summed E-state index contributed by atoms with van der Waals surface area (Å²) in [5.41, 5.74) is 0.804. The fraction of sp³-hybridized carbons (Fsp3) is 0.0952. The zero-order valence-electron chi connectivity index (χ0n) is 17.4. The molecule has 4 rings (SSSR count). The lowest BCUT2D eigenvalue weighted by Gasteiger charge is -2.10. The number of nitrogens with one attached hydrogen (secondary N) is 2. The van der Waals surface area contributed by atoms with Gasteiger partial charge in [0.2, 0.25) is 0 Å². The molecule has 0 aliphatic heterocycles. The molecule has 0 aliphatic carbocycles. The second kappa shape index (κ2) is 9.45. The SMILES string of the molecule is CNC(=O)OCc1cn(S(=O)(=O)c2cccc(F)c2)c2nc(Nc3ccc(Cl)nc3Cl)ccc12. The Morgan fingerprint density at radius 3 is 2.65 bits per heavy atom. The average molecular weight is 524 g/mol. The Balaban J connectivity index is 1.83. The molecule has 3 aromatic heterocycles. The highest BCUT2D eigenvalue weighted by Gasteiger charge is 2.24. The standard InChI is InChI=1S/C21H16Cl2FN5O4S/c1-25-21(30)33-11-12-10-29(34(31,32)14-4-2-3-13(24)9-14)20-15(12)5-8-18(28-20)26-16-6-7-17(22)27-19(16)23/h2-10H,11H2,1H3,(H,25,30)(H,26,28). The van der Waals surface area contributed by atoms with Gasteiger partial charge in [0, 0.05) is 24.2 Å². The van der Waals surface area contributed by atoms with Crippen molar-refractivity contribution in [1.82, 2.24) is 19.3 Å². The van der Waals surface area contributed by atoms with Crippen LogP contribution in [0.1, 0.15) is 5.56 Å². The summed E-state index contributed by atoms with van der Waals surface area (Å²) in [5.74, 6) is -0.452. The van der Waals surface area contributed by atoms with Crippen molar-refractivity contribution in [2.75, 3.05) is 12.4 Å². The minimum Gasteiger partial charge on any atom is -0.445 e. The molecule has 2 N–H and O–H groups in total. The van der Waals surface area contributed by atoms with Gasteiger partial charge < -0.3 is 15.4 Å². The molecule has 0 bridgehead atoms. The molecule has 9 nitrogen and oxygen atoms in total. The van der Waals surface area contributed by atoms with Crippen LogP contribution in [0, 0.1) is 5.82 Å². The van der Waals surface area contributed by atoms with Gasteiger partial charge in [-0.2, -0.15) is 0 Å². The number of pyridine rings is 2. The smallest absolute Gasteiger partial charge is 0.407 e. The van der Waals surface area contributed by atoms with E-state index < -0.39 is 21.9 Å². The van der Waals surface area contributed by atoms with E-state index in [9.17, 15) is 17.6 Å². The van der Waals surface area contributed by atoms with Crippen molar-refractivity contribution in [1.29, 1.82) is 0 Å². The zero-order valence-corrected chi connectivity index (χ0v) is 19.7. The van der Waals surface area contributed by atoms with E-state index in [0.717, 1.165) is 16.1 Å². The van der Waals surface area contributed by atoms with Crippen LogP contribution in [0.4, 0.5) is 20.7 Å². The van der Waals surface area contributed by atoms with E-state index >= 15 is 0 Å². The molecule has 0 saturated heterocycles. The third kappa shape index (κ3) is 4.76. The highest BCUT2D eigenvalue weighted by Crippen LogP contribution is 2.29. The molecule has 34 heavy (non-hydrogen) atoms. The molecule has 1 amide bonds. The number of fused-ring (bicyclic) bond motifs is 1. The number of anilines is 2. The quantitative estimate of drug-likeness (QED) is 0.351. The van der Waals surface area contributed by atoms with Gasteiger partial charge in [-0.15, -0.1) is 0 Å². The Morgan fingerprint density at radius 2 is 1.94 bits per heavy atom.